The van der Waals surface area contributed by atoms with Gasteiger partial charge in [-0.1, -0.05) is 40.7 Å². The molecule has 1 aromatic heterocycles. The first-order valence-electron chi connectivity index (χ1n) is 12.3. The largest absolute Gasteiger partial charge is 0.460 e. The molecule has 3 N–H and O–H groups in total. The van der Waals surface area contributed by atoms with Crippen molar-refractivity contribution < 1.29 is 14.3 Å². The lowest BCUT2D eigenvalue weighted by atomic mass is 9.75. The van der Waals surface area contributed by atoms with Crippen LogP contribution in [0.1, 0.15) is 70.9 Å². The van der Waals surface area contributed by atoms with Crippen LogP contribution in [0.4, 0.5) is 0 Å². The predicted octanol–water partition coefficient (Wildman–Crippen LogP) is 5.43. The fourth-order valence-corrected chi connectivity index (χ4v) is 5.30. The van der Waals surface area contributed by atoms with Crippen LogP contribution >= 0.6 is 0 Å². The van der Waals surface area contributed by atoms with E-state index in [1.165, 1.54) is 22.0 Å². The number of carbonyl (C=O) groups is 1. The Morgan fingerprint density at radius 2 is 1.97 bits per heavy atom. The number of esters is 1. The first-order valence-corrected chi connectivity index (χ1v) is 12.3. The third kappa shape index (κ3) is 5.55. The number of cyclic esters (lactones) is 1. The standard InChI is InChI=1S/C27H42N2O3/c1-16(2)21(13-24(28)26-14-22(17(3)4)27(30)32-26)18(5)19-9-10-25-23(12-19)20(15-29-25)8-7-11-31-6/h9-10,12,15-18,21-22,24,26,29H,7-8,11,13-14,28H2,1-6H3. The fraction of sp³-hybridized carbons (Fsp3) is 0.667. The second-order valence-corrected chi connectivity index (χ2v) is 10.4. The van der Waals surface area contributed by atoms with Crippen LogP contribution in [0.25, 0.3) is 10.9 Å². The summed E-state index contributed by atoms with van der Waals surface area (Å²) in [6, 6.07) is 6.67. The predicted molar refractivity (Wildman–Crippen MR) is 131 cm³/mol. The van der Waals surface area contributed by atoms with Gasteiger partial charge in [0.1, 0.15) is 6.10 Å². The molecule has 5 heteroatoms. The SMILES string of the molecule is COCCCc1c[nH]c2ccc(C(C)C(CC(N)C3CC(C(C)C)C(=O)O3)C(C)C)cc12. The summed E-state index contributed by atoms with van der Waals surface area (Å²) in [5.41, 5.74) is 10.5. The van der Waals surface area contributed by atoms with E-state index in [4.69, 9.17) is 15.2 Å². The van der Waals surface area contributed by atoms with Gasteiger partial charge in [0.15, 0.2) is 0 Å². The summed E-state index contributed by atoms with van der Waals surface area (Å²) in [6.07, 6.45) is 5.59. The summed E-state index contributed by atoms with van der Waals surface area (Å²) < 4.78 is 10.9. The number of nitrogens with one attached hydrogen (secondary N) is 1. The Morgan fingerprint density at radius 3 is 2.59 bits per heavy atom. The average molecular weight is 443 g/mol. The topological polar surface area (TPSA) is 77.3 Å². The molecule has 0 amide bonds. The molecule has 0 radical (unpaired) electrons. The highest BCUT2D eigenvalue weighted by Crippen LogP contribution is 2.37. The number of aromatic amines is 1. The van der Waals surface area contributed by atoms with Crippen LogP contribution in [0.5, 0.6) is 0 Å². The minimum atomic E-state index is -0.164. The van der Waals surface area contributed by atoms with Crippen molar-refractivity contribution in [1.29, 1.82) is 0 Å². The number of H-pyrrole nitrogens is 1. The Bertz CT molecular complexity index is 888. The summed E-state index contributed by atoms with van der Waals surface area (Å²) in [6.45, 7) is 11.8. The van der Waals surface area contributed by atoms with E-state index in [0.717, 1.165) is 32.3 Å². The number of aryl methyl sites for hydroxylation is 1. The van der Waals surface area contributed by atoms with Gasteiger partial charge in [0.2, 0.25) is 0 Å². The zero-order valence-electron chi connectivity index (χ0n) is 20.7. The Kier molecular flexibility index (Phi) is 8.40. The average Bonchev–Trinajstić information content (AvgIpc) is 3.34. The minimum Gasteiger partial charge on any atom is -0.460 e. The lowest BCUT2D eigenvalue weighted by molar-refractivity contribution is -0.146. The summed E-state index contributed by atoms with van der Waals surface area (Å²) >= 11 is 0. The Balaban J connectivity index is 1.74. The lowest BCUT2D eigenvalue weighted by Crippen LogP contribution is -2.38. The van der Waals surface area contributed by atoms with Crippen LogP contribution in [0.15, 0.2) is 24.4 Å². The molecule has 5 atom stereocenters. The zero-order chi connectivity index (χ0) is 23.4. The van der Waals surface area contributed by atoms with Crippen LogP contribution < -0.4 is 5.73 Å². The maximum Gasteiger partial charge on any atom is 0.309 e. The van der Waals surface area contributed by atoms with Gasteiger partial charge in [0, 0.05) is 36.9 Å². The minimum absolute atomic E-state index is 0.0199. The van der Waals surface area contributed by atoms with E-state index >= 15 is 0 Å². The molecule has 5 nitrogen and oxygen atoms in total. The summed E-state index contributed by atoms with van der Waals surface area (Å²) in [7, 11) is 1.75. The first-order chi connectivity index (χ1) is 15.2. The van der Waals surface area contributed by atoms with Gasteiger partial charge < -0.3 is 20.2 Å². The molecule has 3 rings (SSSR count). The second kappa shape index (κ2) is 10.8. The van der Waals surface area contributed by atoms with Crippen molar-refractivity contribution in [2.24, 2.45) is 29.4 Å². The molecule has 2 heterocycles. The zero-order valence-corrected chi connectivity index (χ0v) is 20.7. The van der Waals surface area contributed by atoms with E-state index in [1.807, 2.05) is 0 Å². The molecular weight excluding hydrogens is 400 g/mol. The van der Waals surface area contributed by atoms with Crippen molar-refractivity contribution in [3.8, 4) is 0 Å². The van der Waals surface area contributed by atoms with Gasteiger partial charge in [0.05, 0.1) is 5.92 Å². The third-order valence-corrected chi connectivity index (χ3v) is 7.49. The van der Waals surface area contributed by atoms with Crippen LogP contribution in [0.3, 0.4) is 0 Å². The number of carbonyl (C=O) groups excluding carboxylic acids is 1. The normalized spacial score (nSPS) is 22.0. The van der Waals surface area contributed by atoms with Crippen molar-refractivity contribution in [2.45, 2.75) is 78.4 Å². The molecule has 2 aromatic rings. The molecule has 1 fully saturated rings. The maximum atomic E-state index is 12.2. The molecular formula is C27H42N2O3. The summed E-state index contributed by atoms with van der Waals surface area (Å²) in [5.74, 6) is 1.46. The highest BCUT2D eigenvalue weighted by Gasteiger charge is 2.40. The number of hydrogen-bond donors (Lipinski definition) is 2. The van der Waals surface area contributed by atoms with Gasteiger partial charge in [-0.2, -0.15) is 0 Å². The maximum absolute atomic E-state index is 12.2. The number of benzene rings is 1. The first kappa shape index (κ1) is 24.8. The lowest BCUT2D eigenvalue weighted by Gasteiger charge is -2.32. The molecule has 0 saturated carbocycles. The third-order valence-electron chi connectivity index (χ3n) is 7.49. The number of fused-ring (bicyclic) bond motifs is 1. The fourth-order valence-electron chi connectivity index (χ4n) is 5.30. The monoisotopic (exact) mass is 442 g/mol. The molecule has 0 bridgehead atoms. The van der Waals surface area contributed by atoms with Gasteiger partial charge in [-0.25, -0.2) is 0 Å². The van der Waals surface area contributed by atoms with Crippen molar-refractivity contribution in [3.05, 3.63) is 35.5 Å². The van der Waals surface area contributed by atoms with Gasteiger partial charge in [-0.15, -0.1) is 0 Å². The molecule has 1 aliphatic heterocycles. The molecule has 5 unspecified atom stereocenters. The van der Waals surface area contributed by atoms with Gasteiger partial charge in [0.25, 0.3) is 0 Å². The molecule has 0 aliphatic carbocycles. The van der Waals surface area contributed by atoms with Crippen molar-refractivity contribution >= 4 is 16.9 Å². The second-order valence-electron chi connectivity index (χ2n) is 10.4. The molecule has 32 heavy (non-hydrogen) atoms. The number of ether oxygens (including phenoxy) is 2. The van der Waals surface area contributed by atoms with Gasteiger partial charge >= 0.3 is 5.97 Å². The van der Waals surface area contributed by atoms with E-state index < -0.39 is 0 Å². The van der Waals surface area contributed by atoms with Gasteiger partial charge in [-0.3, -0.25) is 4.79 Å². The number of nitrogens with two attached hydrogens (primary N) is 1. The van der Waals surface area contributed by atoms with E-state index in [0.29, 0.717) is 23.7 Å². The van der Waals surface area contributed by atoms with Crippen molar-refractivity contribution in [2.75, 3.05) is 13.7 Å². The van der Waals surface area contributed by atoms with E-state index in [9.17, 15) is 4.79 Å². The van der Waals surface area contributed by atoms with E-state index in [-0.39, 0.29) is 24.0 Å². The van der Waals surface area contributed by atoms with Crippen LogP contribution in [-0.4, -0.2) is 36.8 Å². The summed E-state index contributed by atoms with van der Waals surface area (Å²) in [5, 5.41) is 1.31. The Morgan fingerprint density at radius 1 is 1.22 bits per heavy atom. The summed E-state index contributed by atoms with van der Waals surface area (Å²) in [4.78, 5) is 15.7. The van der Waals surface area contributed by atoms with Crippen LogP contribution in [0, 0.1) is 23.7 Å². The number of aromatic nitrogens is 1. The highest BCUT2D eigenvalue weighted by molar-refractivity contribution is 5.84. The van der Waals surface area contributed by atoms with Gasteiger partial charge in [-0.05, 0) is 72.6 Å². The number of rotatable bonds is 11. The molecule has 0 spiro atoms. The Labute approximate surface area is 193 Å². The van der Waals surface area contributed by atoms with Crippen LogP contribution in [0.2, 0.25) is 0 Å². The number of hydrogen-bond acceptors (Lipinski definition) is 4. The number of methoxy groups -OCH3 is 1. The van der Waals surface area contributed by atoms with Crippen molar-refractivity contribution in [3.63, 3.8) is 0 Å². The molecule has 1 aromatic carbocycles. The van der Waals surface area contributed by atoms with E-state index in [1.54, 1.807) is 7.11 Å². The molecule has 1 aliphatic rings. The smallest absolute Gasteiger partial charge is 0.309 e. The Hall–Kier alpha value is -1.85. The highest BCUT2D eigenvalue weighted by atomic mass is 16.6. The molecule has 178 valence electrons. The quantitative estimate of drug-likeness (QED) is 0.359. The molecule has 1 saturated heterocycles. The van der Waals surface area contributed by atoms with Crippen molar-refractivity contribution in [1.82, 2.24) is 4.98 Å². The van der Waals surface area contributed by atoms with Crippen LogP contribution in [-0.2, 0) is 20.7 Å². The van der Waals surface area contributed by atoms with E-state index in [2.05, 4.69) is 64.0 Å².